The number of benzene rings is 2. The summed E-state index contributed by atoms with van der Waals surface area (Å²) in [6.07, 6.45) is 1.76. The minimum absolute atomic E-state index is 0.225. The van der Waals surface area contributed by atoms with Crippen molar-refractivity contribution in [1.82, 2.24) is 0 Å². The second kappa shape index (κ2) is 10.4. The molecule has 2 aromatic rings. The lowest BCUT2D eigenvalue weighted by Crippen LogP contribution is -2.21. The van der Waals surface area contributed by atoms with E-state index in [-0.39, 0.29) is 18.9 Å². The number of hydrogen-bond donors (Lipinski definition) is 1. The zero-order valence-electron chi connectivity index (χ0n) is 16.2. The number of esters is 1. The van der Waals surface area contributed by atoms with E-state index in [4.69, 9.17) is 9.47 Å². The minimum Gasteiger partial charge on any atom is -0.497 e. The Kier molecular flexibility index (Phi) is 7.86. The summed E-state index contributed by atoms with van der Waals surface area (Å²) in [7, 11) is 1.61. The summed E-state index contributed by atoms with van der Waals surface area (Å²) < 4.78 is 10.2. The summed E-state index contributed by atoms with van der Waals surface area (Å²) >= 11 is 0. The van der Waals surface area contributed by atoms with Crippen molar-refractivity contribution in [2.75, 3.05) is 19.0 Å². The normalized spacial score (nSPS) is 11.5. The molecule has 0 saturated carbocycles. The van der Waals surface area contributed by atoms with E-state index in [0.29, 0.717) is 12.3 Å². The van der Waals surface area contributed by atoms with Gasteiger partial charge in [-0.05, 0) is 48.1 Å². The number of carbonyl (C=O) groups is 2. The van der Waals surface area contributed by atoms with Crippen molar-refractivity contribution in [3.8, 4) is 5.75 Å². The molecule has 0 aliphatic carbocycles. The first-order valence-electron chi connectivity index (χ1n) is 9.20. The molecule has 1 atom stereocenters. The summed E-state index contributed by atoms with van der Waals surface area (Å²) in [5.74, 6) is 0.393. The zero-order valence-corrected chi connectivity index (χ0v) is 16.2. The highest BCUT2D eigenvalue weighted by atomic mass is 16.5. The Morgan fingerprint density at radius 3 is 2.44 bits per heavy atom. The smallest absolute Gasteiger partial charge is 0.306 e. The van der Waals surface area contributed by atoms with Crippen LogP contribution in [0, 0.1) is 0 Å². The van der Waals surface area contributed by atoms with Gasteiger partial charge in [0, 0.05) is 12.1 Å². The van der Waals surface area contributed by atoms with Gasteiger partial charge in [0.05, 0.1) is 7.11 Å². The van der Waals surface area contributed by atoms with Gasteiger partial charge in [0.1, 0.15) is 5.75 Å². The fourth-order valence-corrected chi connectivity index (χ4v) is 2.70. The monoisotopic (exact) mass is 369 g/mol. The number of anilines is 1. The highest BCUT2D eigenvalue weighted by molar-refractivity contribution is 5.93. The van der Waals surface area contributed by atoms with Crippen LogP contribution in [0.3, 0.4) is 0 Å². The van der Waals surface area contributed by atoms with Crippen LogP contribution in [0.1, 0.15) is 43.7 Å². The molecule has 0 aliphatic rings. The number of aryl methyl sites for hydroxylation is 1. The maximum Gasteiger partial charge on any atom is 0.306 e. The van der Waals surface area contributed by atoms with E-state index in [1.54, 1.807) is 7.11 Å². The quantitative estimate of drug-likeness (QED) is 0.669. The number of nitrogens with one attached hydrogen (secondary N) is 1. The molecule has 0 aromatic heterocycles. The Balaban J connectivity index is 1.79. The van der Waals surface area contributed by atoms with Crippen molar-refractivity contribution in [2.24, 2.45) is 0 Å². The van der Waals surface area contributed by atoms with Crippen LogP contribution < -0.4 is 10.1 Å². The molecule has 0 bridgehead atoms. The fourth-order valence-electron chi connectivity index (χ4n) is 2.70. The zero-order chi connectivity index (χ0) is 19.6. The standard InChI is InChI=1S/C22H27NO4/c1-4-16(2)19-7-5-6-8-20(19)23-21(24)15-27-22(25)14-11-17-9-12-18(26-3)13-10-17/h5-10,12-13,16H,4,11,14-15H2,1-3H3,(H,23,24)/t16-/m1/s1. The van der Waals surface area contributed by atoms with E-state index < -0.39 is 5.97 Å². The molecule has 0 radical (unpaired) electrons. The van der Waals surface area contributed by atoms with Crippen LogP contribution in [0.25, 0.3) is 0 Å². The van der Waals surface area contributed by atoms with Crippen molar-refractivity contribution in [3.63, 3.8) is 0 Å². The van der Waals surface area contributed by atoms with E-state index in [0.717, 1.165) is 29.0 Å². The molecule has 0 unspecified atom stereocenters. The van der Waals surface area contributed by atoms with Crippen LogP contribution in [0.15, 0.2) is 48.5 Å². The molecule has 1 amide bonds. The van der Waals surface area contributed by atoms with Crippen LogP contribution in [0.2, 0.25) is 0 Å². The molecule has 2 aromatic carbocycles. The number of amides is 1. The van der Waals surface area contributed by atoms with Crippen molar-refractivity contribution >= 4 is 17.6 Å². The Morgan fingerprint density at radius 1 is 1.07 bits per heavy atom. The molecule has 0 spiro atoms. The summed E-state index contributed by atoms with van der Waals surface area (Å²) in [5, 5.41) is 2.84. The maximum absolute atomic E-state index is 12.1. The van der Waals surface area contributed by atoms with Crippen LogP contribution in [-0.4, -0.2) is 25.6 Å². The number of para-hydroxylation sites is 1. The molecule has 0 aliphatic heterocycles. The van der Waals surface area contributed by atoms with Gasteiger partial charge < -0.3 is 14.8 Å². The van der Waals surface area contributed by atoms with Crippen molar-refractivity contribution in [3.05, 3.63) is 59.7 Å². The van der Waals surface area contributed by atoms with Gasteiger partial charge in [-0.25, -0.2) is 0 Å². The molecule has 1 N–H and O–H groups in total. The molecule has 5 heteroatoms. The van der Waals surface area contributed by atoms with E-state index >= 15 is 0 Å². The first-order chi connectivity index (χ1) is 13.0. The summed E-state index contributed by atoms with van der Waals surface area (Å²) in [4.78, 5) is 24.0. The number of methoxy groups -OCH3 is 1. The van der Waals surface area contributed by atoms with Gasteiger partial charge in [0.2, 0.25) is 0 Å². The fraction of sp³-hybridized carbons (Fsp3) is 0.364. The Bertz CT molecular complexity index is 755. The highest BCUT2D eigenvalue weighted by Gasteiger charge is 2.12. The van der Waals surface area contributed by atoms with Crippen molar-refractivity contribution in [1.29, 1.82) is 0 Å². The topological polar surface area (TPSA) is 64.6 Å². The number of carbonyl (C=O) groups excluding carboxylic acids is 2. The van der Waals surface area contributed by atoms with Crippen LogP contribution >= 0.6 is 0 Å². The molecular formula is C22H27NO4. The van der Waals surface area contributed by atoms with Gasteiger partial charge in [-0.3, -0.25) is 9.59 Å². The van der Waals surface area contributed by atoms with E-state index in [1.165, 1.54) is 0 Å². The molecule has 27 heavy (non-hydrogen) atoms. The lowest BCUT2D eigenvalue weighted by molar-refractivity contribution is -0.147. The third kappa shape index (κ3) is 6.44. The highest BCUT2D eigenvalue weighted by Crippen LogP contribution is 2.26. The second-order valence-electron chi connectivity index (χ2n) is 6.45. The minimum atomic E-state index is -0.392. The lowest BCUT2D eigenvalue weighted by atomic mass is 9.97. The van der Waals surface area contributed by atoms with Gasteiger partial charge >= 0.3 is 5.97 Å². The Hall–Kier alpha value is -2.82. The molecule has 0 saturated heterocycles. The molecule has 5 nitrogen and oxygen atoms in total. The molecule has 2 rings (SSSR count). The largest absolute Gasteiger partial charge is 0.497 e. The SMILES string of the molecule is CC[C@@H](C)c1ccccc1NC(=O)COC(=O)CCc1ccc(OC)cc1. The molecular weight excluding hydrogens is 342 g/mol. The van der Waals surface area contributed by atoms with Crippen LogP contribution in [0.5, 0.6) is 5.75 Å². The molecule has 0 fully saturated rings. The second-order valence-corrected chi connectivity index (χ2v) is 6.45. The summed E-state index contributed by atoms with van der Waals surface area (Å²) in [6, 6.07) is 15.2. The van der Waals surface area contributed by atoms with E-state index in [2.05, 4.69) is 19.2 Å². The average Bonchev–Trinajstić information content (AvgIpc) is 2.71. The molecule has 144 valence electrons. The summed E-state index contributed by atoms with van der Waals surface area (Å²) in [5.41, 5.74) is 2.87. The van der Waals surface area contributed by atoms with E-state index in [9.17, 15) is 9.59 Å². The first-order valence-corrected chi connectivity index (χ1v) is 9.20. The number of hydrogen-bond acceptors (Lipinski definition) is 4. The Labute approximate surface area is 160 Å². The van der Waals surface area contributed by atoms with Crippen molar-refractivity contribution < 1.29 is 19.1 Å². The average molecular weight is 369 g/mol. The van der Waals surface area contributed by atoms with Crippen LogP contribution in [-0.2, 0) is 20.7 Å². The molecule has 0 heterocycles. The summed E-state index contributed by atoms with van der Waals surface area (Å²) in [6.45, 7) is 3.94. The lowest BCUT2D eigenvalue weighted by Gasteiger charge is -2.15. The van der Waals surface area contributed by atoms with Gasteiger partial charge in [0.15, 0.2) is 6.61 Å². The van der Waals surface area contributed by atoms with Gasteiger partial charge in [0.25, 0.3) is 5.91 Å². The third-order valence-electron chi connectivity index (χ3n) is 4.52. The van der Waals surface area contributed by atoms with Gasteiger partial charge in [-0.15, -0.1) is 0 Å². The Morgan fingerprint density at radius 2 is 1.78 bits per heavy atom. The van der Waals surface area contributed by atoms with Gasteiger partial charge in [-0.1, -0.05) is 44.2 Å². The predicted octanol–water partition coefficient (Wildman–Crippen LogP) is 4.32. The maximum atomic E-state index is 12.1. The number of ether oxygens (including phenoxy) is 2. The van der Waals surface area contributed by atoms with E-state index in [1.807, 2.05) is 48.5 Å². The van der Waals surface area contributed by atoms with Gasteiger partial charge in [-0.2, -0.15) is 0 Å². The third-order valence-corrected chi connectivity index (χ3v) is 4.52. The predicted molar refractivity (Wildman–Crippen MR) is 106 cm³/mol. The first kappa shape index (κ1) is 20.5. The van der Waals surface area contributed by atoms with Crippen molar-refractivity contribution in [2.45, 2.75) is 39.0 Å². The number of rotatable bonds is 9. The van der Waals surface area contributed by atoms with Crippen LogP contribution in [0.4, 0.5) is 5.69 Å².